The van der Waals surface area contributed by atoms with E-state index in [9.17, 15) is 0 Å². The van der Waals surface area contributed by atoms with Crippen molar-refractivity contribution < 1.29 is 4.42 Å². The van der Waals surface area contributed by atoms with Crippen LogP contribution in [0.1, 0.15) is 16.9 Å². The zero-order valence-electron chi connectivity index (χ0n) is 11.2. The quantitative estimate of drug-likeness (QED) is 0.876. The monoisotopic (exact) mass is 244 g/mol. The minimum absolute atomic E-state index is 0.789. The van der Waals surface area contributed by atoms with E-state index in [1.807, 2.05) is 19.2 Å². The van der Waals surface area contributed by atoms with Crippen LogP contribution in [0.2, 0.25) is 0 Å². The first-order valence-electron chi connectivity index (χ1n) is 6.18. The Morgan fingerprint density at radius 2 is 2.11 bits per heavy atom. The van der Waals surface area contributed by atoms with Gasteiger partial charge in [-0.3, -0.25) is 0 Å². The van der Waals surface area contributed by atoms with Crippen LogP contribution in [0.3, 0.4) is 0 Å². The average Bonchev–Trinajstić information content (AvgIpc) is 2.84. The number of furan rings is 1. The van der Waals surface area contributed by atoms with Crippen molar-refractivity contribution in [1.82, 2.24) is 5.32 Å². The molecule has 0 fully saturated rings. The van der Waals surface area contributed by atoms with Crippen LogP contribution in [0.15, 0.2) is 41.0 Å². The highest BCUT2D eigenvalue weighted by atomic mass is 16.3. The zero-order chi connectivity index (χ0) is 13.0. The third kappa shape index (κ3) is 2.93. The SMILES string of the molecule is CNCc1ccc(N(C)Cc2ccco2)cc1C. The molecular weight excluding hydrogens is 224 g/mol. The van der Waals surface area contributed by atoms with Gasteiger partial charge < -0.3 is 14.6 Å². The second kappa shape index (κ2) is 5.74. The van der Waals surface area contributed by atoms with Crippen LogP contribution in [-0.4, -0.2) is 14.1 Å². The molecule has 1 N–H and O–H groups in total. The van der Waals surface area contributed by atoms with Crippen molar-refractivity contribution in [1.29, 1.82) is 0 Å². The Kier molecular flexibility index (Phi) is 4.05. The van der Waals surface area contributed by atoms with E-state index in [4.69, 9.17) is 4.42 Å². The number of aryl methyl sites for hydroxylation is 1. The second-order valence-corrected chi connectivity index (χ2v) is 4.58. The highest BCUT2D eigenvalue weighted by Gasteiger charge is 2.06. The second-order valence-electron chi connectivity index (χ2n) is 4.58. The Labute approximate surface area is 108 Å². The smallest absolute Gasteiger partial charge is 0.123 e. The predicted molar refractivity (Wildman–Crippen MR) is 74.8 cm³/mol. The summed E-state index contributed by atoms with van der Waals surface area (Å²) in [6.45, 7) is 3.85. The van der Waals surface area contributed by atoms with Gasteiger partial charge in [0.1, 0.15) is 5.76 Å². The van der Waals surface area contributed by atoms with Crippen LogP contribution in [0.4, 0.5) is 5.69 Å². The van der Waals surface area contributed by atoms with E-state index in [2.05, 4.69) is 42.4 Å². The fourth-order valence-electron chi connectivity index (χ4n) is 2.03. The summed E-state index contributed by atoms with van der Waals surface area (Å²) in [6, 6.07) is 10.5. The molecule has 0 unspecified atom stereocenters. The van der Waals surface area contributed by atoms with Crippen LogP contribution in [0.25, 0.3) is 0 Å². The molecule has 0 aliphatic heterocycles. The van der Waals surface area contributed by atoms with Crippen LogP contribution in [0, 0.1) is 6.92 Å². The van der Waals surface area contributed by atoms with Gasteiger partial charge in [-0.15, -0.1) is 0 Å². The first-order valence-corrected chi connectivity index (χ1v) is 6.18. The van der Waals surface area contributed by atoms with Crippen molar-refractivity contribution in [2.24, 2.45) is 0 Å². The summed E-state index contributed by atoms with van der Waals surface area (Å²) >= 11 is 0. The van der Waals surface area contributed by atoms with Crippen molar-refractivity contribution in [3.8, 4) is 0 Å². The Hall–Kier alpha value is -1.74. The highest BCUT2D eigenvalue weighted by molar-refractivity contribution is 5.50. The molecule has 0 atom stereocenters. The van der Waals surface area contributed by atoms with E-state index in [0.29, 0.717) is 0 Å². The molecule has 0 radical (unpaired) electrons. The molecular formula is C15H20N2O. The fraction of sp³-hybridized carbons (Fsp3) is 0.333. The summed E-state index contributed by atoms with van der Waals surface area (Å²) in [4.78, 5) is 2.19. The van der Waals surface area contributed by atoms with E-state index in [1.54, 1.807) is 6.26 Å². The molecule has 0 aliphatic rings. The number of nitrogens with zero attached hydrogens (tertiary/aromatic N) is 1. The summed E-state index contributed by atoms with van der Waals surface area (Å²) < 4.78 is 5.37. The van der Waals surface area contributed by atoms with Gasteiger partial charge in [-0.25, -0.2) is 0 Å². The molecule has 2 aromatic rings. The lowest BCUT2D eigenvalue weighted by molar-refractivity contribution is 0.507. The van der Waals surface area contributed by atoms with Gasteiger partial charge in [-0.1, -0.05) is 6.07 Å². The van der Waals surface area contributed by atoms with Crippen LogP contribution in [-0.2, 0) is 13.1 Å². The van der Waals surface area contributed by atoms with Crippen molar-refractivity contribution in [2.45, 2.75) is 20.0 Å². The molecule has 1 aromatic carbocycles. The molecule has 0 saturated carbocycles. The fourth-order valence-corrected chi connectivity index (χ4v) is 2.03. The molecule has 3 nitrogen and oxygen atoms in total. The van der Waals surface area contributed by atoms with E-state index >= 15 is 0 Å². The Morgan fingerprint density at radius 1 is 1.28 bits per heavy atom. The lowest BCUT2D eigenvalue weighted by Crippen LogP contribution is -2.16. The molecule has 1 aromatic heterocycles. The van der Waals surface area contributed by atoms with Crippen LogP contribution < -0.4 is 10.2 Å². The molecule has 0 spiro atoms. The minimum atomic E-state index is 0.789. The van der Waals surface area contributed by atoms with Crippen molar-refractivity contribution in [3.63, 3.8) is 0 Å². The first-order chi connectivity index (χ1) is 8.70. The first kappa shape index (κ1) is 12.7. The van der Waals surface area contributed by atoms with E-state index in [1.165, 1.54) is 16.8 Å². The molecule has 1 heterocycles. The lowest BCUT2D eigenvalue weighted by Gasteiger charge is -2.19. The predicted octanol–water partition coefficient (Wildman–Crippen LogP) is 2.94. The third-order valence-corrected chi connectivity index (χ3v) is 3.11. The summed E-state index contributed by atoms with van der Waals surface area (Å²) in [5.41, 5.74) is 3.87. The largest absolute Gasteiger partial charge is 0.467 e. The standard InChI is InChI=1S/C15H20N2O/c1-12-9-14(7-6-13(12)10-16-2)17(3)11-15-5-4-8-18-15/h4-9,16H,10-11H2,1-3H3. The lowest BCUT2D eigenvalue weighted by atomic mass is 10.1. The number of hydrogen-bond donors (Lipinski definition) is 1. The van der Waals surface area contributed by atoms with Gasteiger partial charge in [0.25, 0.3) is 0 Å². The van der Waals surface area contributed by atoms with Gasteiger partial charge in [-0.2, -0.15) is 0 Å². The Balaban J connectivity index is 2.11. The molecule has 2 rings (SSSR count). The normalized spacial score (nSPS) is 10.6. The van der Waals surface area contributed by atoms with Gasteiger partial charge in [-0.05, 0) is 49.4 Å². The zero-order valence-corrected chi connectivity index (χ0v) is 11.2. The van der Waals surface area contributed by atoms with Crippen LogP contribution >= 0.6 is 0 Å². The number of anilines is 1. The number of nitrogens with one attached hydrogen (secondary N) is 1. The molecule has 0 aliphatic carbocycles. The maximum atomic E-state index is 5.37. The summed E-state index contributed by atoms with van der Waals surface area (Å²) in [6.07, 6.45) is 1.71. The van der Waals surface area contributed by atoms with Crippen molar-refractivity contribution in [2.75, 3.05) is 19.0 Å². The summed E-state index contributed by atoms with van der Waals surface area (Å²) in [7, 11) is 4.05. The Morgan fingerprint density at radius 3 is 2.72 bits per heavy atom. The highest BCUT2D eigenvalue weighted by Crippen LogP contribution is 2.20. The number of benzene rings is 1. The molecule has 96 valence electrons. The van der Waals surface area contributed by atoms with Gasteiger partial charge in [0.2, 0.25) is 0 Å². The molecule has 0 bridgehead atoms. The third-order valence-electron chi connectivity index (χ3n) is 3.11. The van der Waals surface area contributed by atoms with E-state index < -0.39 is 0 Å². The summed E-state index contributed by atoms with van der Waals surface area (Å²) in [5.74, 6) is 0.981. The van der Waals surface area contributed by atoms with Gasteiger partial charge in [0, 0.05) is 19.3 Å². The van der Waals surface area contributed by atoms with Gasteiger partial charge in [0.15, 0.2) is 0 Å². The molecule has 0 saturated heterocycles. The number of hydrogen-bond acceptors (Lipinski definition) is 3. The topological polar surface area (TPSA) is 28.4 Å². The van der Waals surface area contributed by atoms with E-state index in [-0.39, 0.29) is 0 Å². The minimum Gasteiger partial charge on any atom is -0.467 e. The van der Waals surface area contributed by atoms with Gasteiger partial charge >= 0.3 is 0 Å². The van der Waals surface area contributed by atoms with Crippen molar-refractivity contribution in [3.05, 3.63) is 53.5 Å². The molecule has 3 heteroatoms. The van der Waals surface area contributed by atoms with Crippen LogP contribution in [0.5, 0.6) is 0 Å². The maximum Gasteiger partial charge on any atom is 0.123 e. The summed E-state index contributed by atoms with van der Waals surface area (Å²) in [5, 5.41) is 3.18. The Bertz CT molecular complexity index is 491. The number of rotatable bonds is 5. The van der Waals surface area contributed by atoms with Crippen molar-refractivity contribution >= 4 is 5.69 Å². The van der Waals surface area contributed by atoms with E-state index in [0.717, 1.165) is 18.8 Å². The maximum absolute atomic E-state index is 5.37. The molecule has 18 heavy (non-hydrogen) atoms. The average molecular weight is 244 g/mol. The van der Waals surface area contributed by atoms with Gasteiger partial charge in [0.05, 0.1) is 12.8 Å². The molecule has 0 amide bonds.